The Bertz CT molecular complexity index is 660. The normalized spacial score (nSPS) is 10.7. The Morgan fingerprint density at radius 1 is 1.25 bits per heavy atom. The molecule has 0 aliphatic heterocycles. The molecule has 3 nitrogen and oxygen atoms in total. The van der Waals surface area contributed by atoms with Crippen LogP contribution in [0.4, 0.5) is 0 Å². The van der Waals surface area contributed by atoms with Crippen molar-refractivity contribution >= 4 is 23.1 Å². The molecule has 0 bridgehead atoms. The van der Waals surface area contributed by atoms with E-state index in [2.05, 4.69) is 4.98 Å². The molecule has 2 aromatic heterocycles. The van der Waals surface area contributed by atoms with Crippen LogP contribution in [0.15, 0.2) is 57.4 Å². The summed E-state index contributed by atoms with van der Waals surface area (Å²) < 4.78 is 10.6. The Balaban J connectivity index is 1.63. The zero-order valence-electron chi connectivity index (χ0n) is 10.9. The molecule has 3 aromatic rings. The lowest BCUT2D eigenvalue weighted by Crippen LogP contribution is -1.83. The minimum atomic E-state index is 0.699. The molecule has 0 aliphatic rings. The summed E-state index contributed by atoms with van der Waals surface area (Å²) in [4.78, 5) is 6.75. The van der Waals surface area contributed by atoms with Gasteiger partial charge in [-0.25, -0.2) is 4.98 Å². The lowest BCUT2D eigenvalue weighted by molar-refractivity contribution is 0.414. The first-order chi connectivity index (χ1) is 9.85. The molecule has 5 heteroatoms. The second-order valence-corrected chi connectivity index (χ2v) is 6.08. The molecule has 0 spiro atoms. The molecule has 0 fully saturated rings. The lowest BCUT2D eigenvalue weighted by Gasteiger charge is -2.01. The summed E-state index contributed by atoms with van der Waals surface area (Å²) in [7, 11) is 1.67. The molecule has 0 atom stereocenters. The summed E-state index contributed by atoms with van der Waals surface area (Å²) in [5, 5.41) is 2.02. The Morgan fingerprint density at radius 2 is 2.10 bits per heavy atom. The summed E-state index contributed by atoms with van der Waals surface area (Å²) in [5.41, 5.74) is 0.953. The molecule has 1 aromatic carbocycles. The van der Waals surface area contributed by atoms with E-state index in [9.17, 15) is 0 Å². The number of thioether (sulfide) groups is 1. The van der Waals surface area contributed by atoms with Crippen LogP contribution in [0.25, 0.3) is 10.8 Å². The topological polar surface area (TPSA) is 35.3 Å². The predicted molar refractivity (Wildman–Crippen MR) is 82.4 cm³/mol. The summed E-state index contributed by atoms with van der Waals surface area (Å²) in [6, 6.07) is 12.0. The summed E-state index contributed by atoms with van der Waals surface area (Å²) in [6.45, 7) is 0. The third kappa shape index (κ3) is 3.05. The number of aromatic nitrogens is 1. The number of oxazole rings is 1. The first-order valence-corrected chi connectivity index (χ1v) is 7.97. The summed E-state index contributed by atoms with van der Waals surface area (Å²) in [5.74, 6) is 2.36. The van der Waals surface area contributed by atoms with Crippen LogP contribution in [0.3, 0.4) is 0 Å². The molecule has 0 saturated carbocycles. The molecule has 0 unspecified atom stereocenters. The van der Waals surface area contributed by atoms with Gasteiger partial charge in [0, 0.05) is 10.6 Å². The van der Waals surface area contributed by atoms with Crippen LogP contribution in [0.1, 0.15) is 5.69 Å². The molecule has 3 rings (SSSR count). The number of nitrogens with zero attached hydrogens (tertiary/aromatic N) is 1. The van der Waals surface area contributed by atoms with Crippen molar-refractivity contribution in [1.82, 2.24) is 4.98 Å². The van der Waals surface area contributed by atoms with Gasteiger partial charge in [0.05, 0.1) is 17.7 Å². The van der Waals surface area contributed by atoms with Crippen molar-refractivity contribution < 1.29 is 9.15 Å². The van der Waals surface area contributed by atoms with Crippen molar-refractivity contribution in [2.45, 2.75) is 10.6 Å². The van der Waals surface area contributed by atoms with Crippen molar-refractivity contribution in [3.63, 3.8) is 0 Å². The van der Waals surface area contributed by atoms with Gasteiger partial charge in [0.2, 0.25) is 5.89 Å². The van der Waals surface area contributed by atoms with Crippen molar-refractivity contribution in [1.29, 1.82) is 0 Å². The van der Waals surface area contributed by atoms with Gasteiger partial charge in [0.1, 0.15) is 12.0 Å². The van der Waals surface area contributed by atoms with Crippen LogP contribution in [0.5, 0.6) is 5.75 Å². The van der Waals surface area contributed by atoms with E-state index in [1.807, 2.05) is 41.8 Å². The number of thiophene rings is 1. The number of hydrogen-bond acceptors (Lipinski definition) is 5. The zero-order valence-corrected chi connectivity index (χ0v) is 12.5. The second kappa shape index (κ2) is 6.15. The predicted octanol–water partition coefficient (Wildman–Crippen LogP) is 4.70. The number of methoxy groups -OCH3 is 1. The van der Waals surface area contributed by atoms with Gasteiger partial charge in [0.15, 0.2) is 0 Å². The van der Waals surface area contributed by atoms with Crippen molar-refractivity contribution in [2.24, 2.45) is 0 Å². The maximum absolute atomic E-state index is 5.50. The Morgan fingerprint density at radius 3 is 2.80 bits per heavy atom. The van der Waals surface area contributed by atoms with Crippen LogP contribution < -0.4 is 4.74 Å². The quantitative estimate of drug-likeness (QED) is 0.640. The second-order valence-electron chi connectivity index (χ2n) is 4.09. The van der Waals surface area contributed by atoms with E-state index in [1.54, 1.807) is 36.5 Å². The lowest BCUT2D eigenvalue weighted by atomic mass is 10.3. The fourth-order valence-corrected chi connectivity index (χ4v) is 3.15. The summed E-state index contributed by atoms with van der Waals surface area (Å²) >= 11 is 3.36. The van der Waals surface area contributed by atoms with Crippen LogP contribution >= 0.6 is 23.1 Å². The number of hydrogen-bond donors (Lipinski definition) is 0. The largest absolute Gasteiger partial charge is 0.497 e. The van der Waals surface area contributed by atoms with Crippen molar-refractivity contribution in [2.75, 3.05) is 7.11 Å². The highest BCUT2D eigenvalue weighted by molar-refractivity contribution is 7.98. The van der Waals surface area contributed by atoms with Gasteiger partial charge < -0.3 is 9.15 Å². The van der Waals surface area contributed by atoms with E-state index >= 15 is 0 Å². The Kier molecular flexibility index (Phi) is 4.08. The number of benzene rings is 1. The van der Waals surface area contributed by atoms with Gasteiger partial charge in [-0.2, -0.15) is 0 Å². The van der Waals surface area contributed by atoms with Gasteiger partial charge in [-0.05, 0) is 35.7 Å². The molecule has 0 amide bonds. The van der Waals surface area contributed by atoms with Crippen molar-refractivity contribution in [3.05, 3.63) is 53.7 Å². The van der Waals surface area contributed by atoms with Gasteiger partial charge in [-0.15, -0.1) is 23.1 Å². The molecule has 0 saturated heterocycles. The van der Waals surface area contributed by atoms with E-state index in [0.29, 0.717) is 5.89 Å². The standard InChI is InChI=1S/C15H13NO2S2/c1-17-12-4-6-13(7-5-12)20-10-11-9-18-15(16-11)14-3-2-8-19-14/h2-9H,10H2,1H3. The smallest absolute Gasteiger partial charge is 0.236 e. The van der Waals surface area contributed by atoms with Gasteiger partial charge in [0.25, 0.3) is 0 Å². The third-order valence-corrected chi connectivity index (χ3v) is 4.63. The SMILES string of the molecule is COc1ccc(SCc2coc(-c3cccs3)n2)cc1. The van der Waals surface area contributed by atoms with E-state index in [1.165, 1.54) is 4.90 Å². The highest BCUT2D eigenvalue weighted by Crippen LogP contribution is 2.27. The maximum Gasteiger partial charge on any atom is 0.236 e. The van der Waals surface area contributed by atoms with Gasteiger partial charge in [-0.3, -0.25) is 0 Å². The Labute approximate surface area is 125 Å². The molecular formula is C15H13NO2S2. The number of ether oxygens (including phenoxy) is 1. The zero-order chi connectivity index (χ0) is 13.8. The maximum atomic E-state index is 5.50. The average molecular weight is 303 g/mol. The molecule has 0 radical (unpaired) electrons. The van der Waals surface area contributed by atoms with E-state index in [4.69, 9.17) is 9.15 Å². The minimum absolute atomic E-state index is 0.699. The molecule has 0 N–H and O–H groups in total. The molecule has 20 heavy (non-hydrogen) atoms. The summed E-state index contributed by atoms with van der Waals surface area (Å²) in [6.07, 6.45) is 1.73. The first kappa shape index (κ1) is 13.3. The van der Waals surface area contributed by atoms with Crippen LogP contribution in [0.2, 0.25) is 0 Å². The highest BCUT2D eigenvalue weighted by Gasteiger charge is 2.07. The Hall–Kier alpha value is -1.72. The molecule has 0 aliphatic carbocycles. The molecule has 2 heterocycles. The molecular weight excluding hydrogens is 290 g/mol. The van der Waals surface area contributed by atoms with Gasteiger partial charge >= 0.3 is 0 Å². The van der Waals surface area contributed by atoms with E-state index < -0.39 is 0 Å². The average Bonchev–Trinajstić information content (AvgIpc) is 3.16. The van der Waals surface area contributed by atoms with Gasteiger partial charge in [-0.1, -0.05) is 6.07 Å². The fraction of sp³-hybridized carbons (Fsp3) is 0.133. The third-order valence-electron chi connectivity index (χ3n) is 2.73. The van der Waals surface area contributed by atoms with Crippen molar-refractivity contribution in [3.8, 4) is 16.5 Å². The van der Waals surface area contributed by atoms with E-state index in [0.717, 1.165) is 22.1 Å². The van der Waals surface area contributed by atoms with Crippen LogP contribution in [-0.4, -0.2) is 12.1 Å². The van der Waals surface area contributed by atoms with E-state index in [-0.39, 0.29) is 0 Å². The fourth-order valence-electron chi connectivity index (χ4n) is 1.72. The molecule has 102 valence electrons. The van der Waals surface area contributed by atoms with Crippen LogP contribution in [0, 0.1) is 0 Å². The monoisotopic (exact) mass is 303 g/mol. The van der Waals surface area contributed by atoms with Crippen LogP contribution in [-0.2, 0) is 5.75 Å². The minimum Gasteiger partial charge on any atom is -0.497 e. The first-order valence-electron chi connectivity index (χ1n) is 6.10. The number of rotatable bonds is 5. The highest BCUT2D eigenvalue weighted by atomic mass is 32.2.